The highest BCUT2D eigenvalue weighted by molar-refractivity contribution is 6.30. The second-order valence-electron chi connectivity index (χ2n) is 6.57. The highest BCUT2D eigenvalue weighted by Gasteiger charge is 2.09. The van der Waals surface area contributed by atoms with Crippen LogP contribution in [0.1, 0.15) is 12.5 Å². The minimum Gasteiger partial charge on any atom is -0.493 e. The van der Waals surface area contributed by atoms with Crippen molar-refractivity contribution in [1.82, 2.24) is 4.57 Å². The molecule has 0 saturated carbocycles. The Bertz CT molecular complexity index is 1060. The molecule has 1 aromatic heterocycles. The molecule has 0 fully saturated rings. The zero-order chi connectivity index (χ0) is 20.8. The van der Waals surface area contributed by atoms with Gasteiger partial charge in [-0.15, -0.1) is 0 Å². The molecule has 0 aliphatic heterocycles. The Labute approximate surface area is 174 Å². The normalized spacial score (nSPS) is 10.4. The zero-order valence-electron chi connectivity index (χ0n) is 16.4. The van der Waals surface area contributed by atoms with Gasteiger partial charge in [-0.3, -0.25) is 9.36 Å². The molecular formula is C23H22ClNO4. The third-order valence-electron chi connectivity index (χ3n) is 4.10. The average molecular weight is 412 g/mol. The second-order valence-corrected chi connectivity index (χ2v) is 7.00. The lowest BCUT2D eigenvalue weighted by Crippen LogP contribution is -2.18. The molecule has 0 spiro atoms. The van der Waals surface area contributed by atoms with Crippen LogP contribution in [0, 0.1) is 0 Å². The molecule has 0 aliphatic rings. The summed E-state index contributed by atoms with van der Waals surface area (Å²) in [5.41, 5.74) is 2.19. The molecule has 3 rings (SSSR count). The van der Waals surface area contributed by atoms with Crippen LogP contribution in [0.3, 0.4) is 0 Å². The molecule has 2 aromatic carbocycles. The molecule has 0 atom stereocenters. The van der Waals surface area contributed by atoms with E-state index in [0.29, 0.717) is 34.6 Å². The summed E-state index contributed by atoms with van der Waals surface area (Å²) in [5, 5.41) is 0.645. The van der Waals surface area contributed by atoms with Crippen molar-refractivity contribution in [2.45, 2.75) is 13.5 Å². The Kier molecular flexibility index (Phi) is 6.62. The number of benzene rings is 2. The standard InChI is InChI=1S/C23H22ClNO4/c1-16(2)14-29-21-9-6-19(13-22(21)27-3)25-11-10-17(12-23(25)26)15-28-20-7-4-18(24)5-8-20/h4-13H,1,14-15H2,2-3H3. The van der Waals surface area contributed by atoms with Gasteiger partial charge < -0.3 is 14.2 Å². The molecule has 3 aromatic rings. The molecule has 0 N–H and O–H groups in total. The van der Waals surface area contributed by atoms with Gasteiger partial charge in [0.2, 0.25) is 0 Å². The Morgan fingerprint density at radius 2 is 1.79 bits per heavy atom. The van der Waals surface area contributed by atoms with Crippen molar-refractivity contribution in [2.75, 3.05) is 13.7 Å². The van der Waals surface area contributed by atoms with E-state index in [2.05, 4.69) is 6.58 Å². The minimum atomic E-state index is -0.167. The zero-order valence-corrected chi connectivity index (χ0v) is 17.1. The van der Waals surface area contributed by atoms with Gasteiger partial charge in [0.25, 0.3) is 5.56 Å². The van der Waals surface area contributed by atoms with E-state index in [4.69, 9.17) is 25.8 Å². The minimum absolute atomic E-state index is 0.167. The van der Waals surface area contributed by atoms with Crippen molar-refractivity contribution in [2.24, 2.45) is 0 Å². The average Bonchev–Trinajstić information content (AvgIpc) is 2.72. The van der Waals surface area contributed by atoms with Crippen LogP contribution in [-0.4, -0.2) is 18.3 Å². The summed E-state index contributed by atoms with van der Waals surface area (Å²) >= 11 is 5.87. The van der Waals surface area contributed by atoms with Crippen molar-refractivity contribution in [3.63, 3.8) is 0 Å². The highest BCUT2D eigenvalue weighted by Crippen LogP contribution is 2.29. The van der Waals surface area contributed by atoms with Crippen LogP contribution >= 0.6 is 11.6 Å². The first-order chi connectivity index (χ1) is 14.0. The van der Waals surface area contributed by atoms with Crippen LogP contribution in [0.25, 0.3) is 5.69 Å². The van der Waals surface area contributed by atoms with Gasteiger partial charge in [0.05, 0.1) is 12.8 Å². The molecule has 0 saturated heterocycles. The second kappa shape index (κ2) is 9.34. The van der Waals surface area contributed by atoms with Gasteiger partial charge in [0, 0.05) is 23.4 Å². The van der Waals surface area contributed by atoms with Crippen LogP contribution in [0.5, 0.6) is 17.2 Å². The maximum absolute atomic E-state index is 12.6. The number of aromatic nitrogens is 1. The van der Waals surface area contributed by atoms with Crippen LogP contribution in [0.4, 0.5) is 0 Å². The van der Waals surface area contributed by atoms with Crippen LogP contribution in [-0.2, 0) is 6.61 Å². The number of pyridine rings is 1. The predicted octanol–water partition coefficient (Wildman–Crippen LogP) is 5.03. The first-order valence-electron chi connectivity index (χ1n) is 9.02. The van der Waals surface area contributed by atoms with Crippen LogP contribution in [0.2, 0.25) is 5.02 Å². The molecule has 0 radical (unpaired) electrons. The van der Waals surface area contributed by atoms with Crippen LogP contribution < -0.4 is 19.8 Å². The van der Waals surface area contributed by atoms with Gasteiger partial charge in [-0.25, -0.2) is 0 Å². The summed E-state index contributed by atoms with van der Waals surface area (Å²) in [5.74, 6) is 1.83. The van der Waals surface area contributed by atoms with Gasteiger partial charge in [-0.2, -0.15) is 0 Å². The fourth-order valence-electron chi connectivity index (χ4n) is 2.65. The van der Waals surface area contributed by atoms with E-state index in [1.54, 1.807) is 55.8 Å². The van der Waals surface area contributed by atoms with Gasteiger partial charge in [0.1, 0.15) is 19.0 Å². The third kappa shape index (κ3) is 5.42. The lowest BCUT2D eigenvalue weighted by atomic mass is 10.2. The lowest BCUT2D eigenvalue weighted by Gasteiger charge is -2.13. The summed E-state index contributed by atoms with van der Waals surface area (Å²) in [6, 6.07) is 15.8. The van der Waals surface area contributed by atoms with Crippen molar-refractivity contribution in [3.05, 3.63) is 93.9 Å². The molecule has 0 bridgehead atoms. The summed E-state index contributed by atoms with van der Waals surface area (Å²) < 4.78 is 18.3. The Balaban J connectivity index is 1.76. The van der Waals surface area contributed by atoms with Crippen molar-refractivity contribution in [3.8, 4) is 22.9 Å². The molecule has 150 valence electrons. The van der Waals surface area contributed by atoms with E-state index in [0.717, 1.165) is 11.1 Å². The smallest absolute Gasteiger partial charge is 0.255 e. The molecule has 5 nitrogen and oxygen atoms in total. The molecule has 0 aliphatic carbocycles. The maximum atomic E-state index is 12.6. The topological polar surface area (TPSA) is 49.7 Å². The number of ether oxygens (including phenoxy) is 3. The summed E-state index contributed by atoms with van der Waals surface area (Å²) in [7, 11) is 1.56. The van der Waals surface area contributed by atoms with E-state index in [1.807, 2.05) is 19.1 Å². The Morgan fingerprint density at radius 1 is 1.03 bits per heavy atom. The third-order valence-corrected chi connectivity index (χ3v) is 4.35. The van der Waals surface area contributed by atoms with Crippen molar-refractivity contribution < 1.29 is 14.2 Å². The number of methoxy groups -OCH3 is 1. The van der Waals surface area contributed by atoms with Gasteiger partial charge >= 0.3 is 0 Å². The molecule has 1 heterocycles. The van der Waals surface area contributed by atoms with Crippen LogP contribution in [0.15, 0.2) is 77.7 Å². The van der Waals surface area contributed by atoms with E-state index in [1.165, 1.54) is 4.57 Å². The van der Waals surface area contributed by atoms with E-state index in [9.17, 15) is 4.79 Å². The quantitative estimate of drug-likeness (QED) is 0.487. The molecule has 0 unspecified atom stereocenters. The number of halogens is 1. The van der Waals surface area contributed by atoms with Crippen molar-refractivity contribution in [1.29, 1.82) is 0 Å². The molecule has 0 amide bonds. The fraction of sp³-hybridized carbons (Fsp3) is 0.174. The largest absolute Gasteiger partial charge is 0.493 e. The summed E-state index contributed by atoms with van der Waals surface area (Å²) in [6.45, 7) is 6.40. The fourth-order valence-corrected chi connectivity index (χ4v) is 2.77. The van der Waals surface area contributed by atoms with Gasteiger partial charge in [0.15, 0.2) is 11.5 Å². The molecule has 6 heteroatoms. The lowest BCUT2D eigenvalue weighted by molar-refractivity contribution is 0.306. The monoisotopic (exact) mass is 411 g/mol. The Morgan fingerprint density at radius 3 is 2.45 bits per heavy atom. The van der Waals surface area contributed by atoms with E-state index in [-0.39, 0.29) is 12.2 Å². The van der Waals surface area contributed by atoms with Gasteiger partial charge in [-0.05, 0) is 60.5 Å². The van der Waals surface area contributed by atoms with E-state index < -0.39 is 0 Å². The van der Waals surface area contributed by atoms with Crippen molar-refractivity contribution >= 4 is 11.6 Å². The number of nitrogens with zero attached hydrogens (tertiary/aromatic N) is 1. The first-order valence-corrected chi connectivity index (χ1v) is 9.39. The Hall–Kier alpha value is -3.18. The SMILES string of the molecule is C=C(C)COc1ccc(-n2ccc(COc3ccc(Cl)cc3)cc2=O)cc1OC. The van der Waals surface area contributed by atoms with Gasteiger partial charge in [-0.1, -0.05) is 18.2 Å². The summed E-state index contributed by atoms with van der Waals surface area (Å²) in [4.78, 5) is 12.6. The molecular weight excluding hydrogens is 390 g/mol. The first kappa shape index (κ1) is 20.6. The molecule has 29 heavy (non-hydrogen) atoms. The maximum Gasteiger partial charge on any atom is 0.255 e. The van der Waals surface area contributed by atoms with E-state index >= 15 is 0 Å². The highest BCUT2D eigenvalue weighted by atomic mass is 35.5. The number of rotatable bonds is 8. The number of hydrogen-bond acceptors (Lipinski definition) is 4. The summed E-state index contributed by atoms with van der Waals surface area (Å²) in [6.07, 6.45) is 1.71. The number of hydrogen-bond donors (Lipinski definition) is 0. The predicted molar refractivity (Wildman–Crippen MR) is 115 cm³/mol.